The Kier molecular flexibility index (Phi) is 5.93. The second-order valence-corrected chi connectivity index (χ2v) is 6.49. The van der Waals surface area contributed by atoms with Gasteiger partial charge in [-0.2, -0.15) is 13.2 Å². The number of aliphatic imine (C=N–C) groups is 1. The Morgan fingerprint density at radius 3 is 2.04 bits per heavy atom. The lowest BCUT2D eigenvalue weighted by Gasteiger charge is -2.32. The van der Waals surface area contributed by atoms with Gasteiger partial charge in [0.05, 0.1) is 11.2 Å². The van der Waals surface area contributed by atoms with Crippen LogP contribution in [0.4, 0.5) is 17.6 Å². The standard InChI is InChI=1S/C15H22BF4NO3/c1-9(16-23-13(3,4)14(5,6)24-16)8-11(17)12(21-7)22-10(2)15(18,19)20/h8,10H,1H2,2-7H3/b11-8+,21-12+/t10-/m0/s1. The van der Waals surface area contributed by atoms with E-state index in [0.717, 1.165) is 20.0 Å². The van der Waals surface area contributed by atoms with Gasteiger partial charge >= 0.3 is 13.3 Å². The average Bonchev–Trinajstić information content (AvgIpc) is 2.63. The summed E-state index contributed by atoms with van der Waals surface area (Å²) in [4.78, 5) is 3.41. The SMILES string of the molecule is C=C(/C=C(F)\C(=N/C)O[C@@H](C)C(F)(F)F)B1OC(C)(C)C(C)(C)O1. The van der Waals surface area contributed by atoms with Crippen molar-refractivity contribution in [2.75, 3.05) is 7.05 Å². The van der Waals surface area contributed by atoms with Crippen LogP contribution in [0.25, 0.3) is 0 Å². The van der Waals surface area contributed by atoms with Crippen molar-refractivity contribution in [3.8, 4) is 0 Å². The van der Waals surface area contributed by atoms with E-state index in [2.05, 4.69) is 16.3 Å². The summed E-state index contributed by atoms with van der Waals surface area (Å²) in [5.74, 6) is -1.86. The van der Waals surface area contributed by atoms with Crippen LogP contribution in [-0.4, -0.2) is 43.5 Å². The number of rotatable bonds is 4. The first-order valence-corrected chi connectivity index (χ1v) is 7.33. The molecule has 1 fully saturated rings. The molecule has 24 heavy (non-hydrogen) atoms. The minimum atomic E-state index is -4.63. The van der Waals surface area contributed by atoms with Gasteiger partial charge in [-0.3, -0.25) is 4.99 Å². The molecule has 1 heterocycles. The maximum Gasteiger partial charge on any atom is 0.494 e. The van der Waals surface area contributed by atoms with Crippen LogP contribution in [-0.2, 0) is 14.0 Å². The van der Waals surface area contributed by atoms with E-state index in [1.807, 2.05) is 27.7 Å². The van der Waals surface area contributed by atoms with Crippen LogP contribution in [0.5, 0.6) is 0 Å². The molecule has 0 aliphatic carbocycles. The first kappa shape index (κ1) is 20.7. The zero-order chi connectivity index (χ0) is 18.9. The van der Waals surface area contributed by atoms with Crippen molar-refractivity contribution in [2.24, 2.45) is 4.99 Å². The third-order valence-electron chi connectivity index (χ3n) is 4.02. The van der Waals surface area contributed by atoms with E-state index in [-0.39, 0.29) is 5.47 Å². The van der Waals surface area contributed by atoms with Crippen LogP contribution >= 0.6 is 0 Å². The molecule has 0 aromatic heterocycles. The molecule has 0 bridgehead atoms. The first-order valence-electron chi connectivity index (χ1n) is 7.33. The van der Waals surface area contributed by atoms with Gasteiger partial charge in [-0.15, -0.1) is 0 Å². The predicted octanol–water partition coefficient (Wildman–Crippen LogP) is 4.02. The molecule has 0 radical (unpaired) electrons. The Bertz CT molecular complexity index is 539. The number of alkyl halides is 3. The lowest BCUT2D eigenvalue weighted by atomic mass is 9.79. The van der Waals surface area contributed by atoms with Crippen molar-refractivity contribution >= 4 is 13.0 Å². The Morgan fingerprint density at radius 2 is 1.67 bits per heavy atom. The number of ether oxygens (including phenoxy) is 1. The molecule has 0 spiro atoms. The van der Waals surface area contributed by atoms with Crippen molar-refractivity contribution in [2.45, 2.75) is 58.1 Å². The van der Waals surface area contributed by atoms with Gasteiger partial charge in [0.1, 0.15) is 0 Å². The molecule has 0 amide bonds. The van der Waals surface area contributed by atoms with Crippen molar-refractivity contribution in [3.05, 3.63) is 24.0 Å². The van der Waals surface area contributed by atoms with Gasteiger partial charge in [0.15, 0.2) is 11.9 Å². The predicted molar refractivity (Wildman–Crippen MR) is 84.4 cm³/mol. The molecule has 1 saturated heterocycles. The number of allylic oxidation sites excluding steroid dienone is 2. The fourth-order valence-corrected chi connectivity index (χ4v) is 1.74. The normalized spacial score (nSPS) is 22.5. The molecule has 0 aromatic carbocycles. The van der Waals surface area contributed by atoms with Gasteiger partial charge < -0.3 is 14.0 Å². The van der Waals surface area contributed by atoms with Gasteiger partial charge in [-0.1, -0.05) is 6.58 Å². The molecule has 1 aliphatic heterocycles. The van der Waals surface area contributed by atoms with Crippen LogP contribution < -0.4 is 0 Å². The van der Waals surface area contributed by atoms with Crippen LogP contribution in [0.15, 0.2) is 28.9 Å². The second kappa shape index (κ2) is 6.88. The van der Waals surface area contributed by atoms with Gasteiger partial charge in [-0.25, -0.2) is 4.39 Å². The summed E-state index contributed by atoms with van der Waals surface area (Å²) in [6.45, 7) is 11.7. The van der Waals surface area contributed by atoms with Crippen molar-refractivity contribution in [1.29, 1.82) is 0 Å². The van der Waals surface area contributed by atoms with Crippen molar-refractivity contribution in [3.63, 3.8) is 0 Å². The molecule has 0 aromatic rings. The fraction of sp³-hybridized carbons (Fsp3) is 0.667. The maximum atomic E-state index is 14.2. The third kappa shape index (κ3) is 4.60. The molecule has 136 valence electrons. The highest BCUT2D eigenvalue weighted by Gasteiger charge is 2.51. The quantitative estimate of drug-likeness (QED) is 0.253. The molecule has 1 rings (SSSR count). The largest absolute Gasteiger partial charge is 0.494 e. The zero-order valence-electron chi connectivity index (χ0n) is 14.6. The van der Waals surface area contributed by atoms with E-state index >= 15 is 0 Å². The summed E-state index contributed by atoms with van der Waals surface area (Å²) >= 11 is 0. The summed E-state index contributed by atoms with van der Waals surface area (Å²) in [7, 11) is 0.211. The van der Waals surface area contributed by atoms with Crippen molar-refractivity contribution < 1.29 is 31.6 Å². The van der Waals surface area contributed by atoms with E-state index in [9.17, 15) is 17.6 Å². The molecule has 9 heteroatoms. The van der Waals surface area contributed by atoms with Crippen LogP contribution in [0.3, 0.4) is 0 Å². The number of hydrogen-bond donors (Lipinski definition) is 0. The Balaban J connectivity index is 2.86. The summed E-state index contributed by atoms with van der Waals surface area (Å²) in [6.07, 6.45) is -5.92. The number of nitrogens with zero attached hydrogens (tertiary/aromatic N) is 1. The smallest absolute Gasteiger partial charge is 0.463 e. The van der Waals surface area contributed by atoms with Gasteiger partial charge in [-0.05, 0) is 46.2 Å². The van der Waals surface area contributed by atoms with E-state index in [1.165, 1.54) is 0 Å². The Labute approximate surface area is 139 Å². The highest BCUT2D eigenvalue weighted by atomic mass is 19.4. The molecule has 0 unspecified atom stereocenters. The summed E-state index contributed by atoms with van der Waals surface area (Å²) in [5, 5.41) is 0. The van der Waals surface area contributed by atoms with Crippen molar-refractivity contribution in [1.82, 2.24) is 0 Å². The van der Waals surface area contributed by atoms with Crippen LogP contribution in [0.2, 0.25) is 0 Å². The maximum absolute atomic E-state index is 14.2. The zero-order valence-corrected chi connectivity index (χ0v) is 14.6. The number of halogens is 4. The van der Waals surface area contributed by atoms with Crippen LogP contribution in [0, 0.1) is 0 Å². The Morgan fingerprint density at radius 1 is 1.21 bits per heavy atom. The Hall–Kier alpha value is -1.35. The highest BCUT2D eigenvalue weighted by molar-refractivity contribution is 6.55. The lowest BCUT2D eigenvalue weighted by Crippen LogP contribution is -2.41. The third-order valence-corrected chi connectivity index (χ3v) is 4.02. The molecular weight excluding hydrogens is 329 g/mol. The summed E-state index contributed by atoms with van der Waals surface area (Å²) in [5.41, 5.74) is -1.18. The van der Waals surface area contributed by atoms with Gasteiger partial charge in [0.2, 0.25) is 5.90 Å². The highest BCUT2D eigenvalue weighted by Crippen LogP contribution is 2.38. The monoisotopic (exact) mass is 351 g/mol. The lowest BCUT2D eigenvalue weighted by molar-refractivity contribution is -0.192. The average molecular weight is 351 g/mol. The first-order chi connectivity index (χ1) is 10.7. The summed E-state index contributed by atoms with van der Waals surface area (Å²) in [6, 6.07) is 0. The fourth-order valence-electron chi connectivity index (χ4n) is 1.74. The molecule has 0 N–H and O–H groups in total. The van der Waals surface area contributed by atoms with E-state index in [1.54, 1.807) is 0 Å². The van der Waals surface area contributed by atoms with E-state index in [4.69, 9.17) is 9.31 Å². The van der Waals surface area contributed by atoms with Gasteiger partial charge in [0, 0.05) is 7.05 Å². The minimum Gasteiger partial charge on any atom is -0.463 e. The van der Waals surface area contributed by atoms with Crippen LogP contribution in [0.1, 0.15) is 34.6 Å². The molecular formula is C15H22BF4NO3. The molecule has 1 aliphatic rings. The second-order valence-electron chi connectivity index (χ2n) is 6.49. The molecule has 4 nitrogen and oxygen atoms in total. The molecule has 0 saturated carbocycles. The minimum absolute atomic E-state index is 0.107. The summed E-state index contributed by atoms with van der Waals surface area (Å²) < 4.78 is 67.6. The topological polar surface area (TPSA) is 40.0 Å². The molecule has 1 atom stereocenters. The van der Waals surface area contributed by atoms with Gasteiger partial charge in [0.25, 0.3) is 0 Å². The van der Waals surface area contributed by atoms with E-state index < -0.39 is 42.3 Å². The number of hydrogen-bond acceptors (Lipinski definition) is 4. The van der Waals surface area contributed by atoms with E-state index in [0.29, 0.717) is 0 Å².